The lowest BCUT2D eigenvalue weighted by Crippen LogP contribution is -2.08. The van der Waals surface area contributed by atoms with Gasteiger partial charge in [-0.05, 0) is 30.3 Å². The van der Waals surface area contributed by atoms with E-state index in [1.165, 1.54) is 19.2 Å². The Labute approximate surface area is 123 Å². The number of hydrogen-bond acceptors (Lipinski definition) is 3. The third-order valence-corrected chi connectivity index (χ3v) is 2.89. The second kappa shape index (κ2) is 5.77. The number of benzene rings is 1. The second-order valence-electron chi connectivity index (χ2n) is 4.13. The van der Waals surface area contributed by atoms with E-state index >= 15 is 0 Å². The van der Waals surface area contributed by atoms with E-state index in [0.29, 0.717) is 5.69 Å². The predicted octanol–water partition coefficient (Wildman–Crippen LogP) is 4.68. The summed E-state index contributed by atoms with van der Waals surface area (Å²) in [5.74, 6) is -0.590. The average Bonchev–Trinajstić information content (AvgIpc) is 2.41. The van der Waals surface area contributed by atoms with E-state index in [1.54, 1.807) is 0 Å². The predicted molar refractivity (Wildman–Crippen MR) is 73.5 cm³/mol. The molecule has 1 aromatic carbocycles. The molecule has 0 atom stereocenters. The lowest BCUT2D eigenvalue weighted by atomic mass is 10.2. The Bertz CT molecular complexity index is 658. The van der Waals surface area contributed by atoms with Crippen molar-refractivity contribution in [2.75, 3.05) is 17.7 Å². The van der Waals surface area contributed by atoms with Crippen LogP contribution in [-0.4, -0.2) is 12.0 Å². The van der Waals surface area contributed by atoms with Crippen LogP contribution in [0.15, 0.2) is 30.3 Å². The van der Waals surface area contributed by atoms with Gasteiger partial charge < -0.3 is 10.6 Å². The highest BCUT2D eigenvalue weighted by Gasteiger charge is 2.31. The van der Waals surface area contributed by atoms with Crippen LogP contribution >= 0.6 is 11.6 Å². The maximum absolute atomic E-state index is 13.0. The van der Waals surface area contributed by atoms with Gasteiger partial charge in [-0.15, -0.1) is 0 Å². The number of nitrogens with zero attached hydrogens (tertiary/aromatic N) is 1. The Morgan fingerprint density at radius 2 is 1.76 bits per heavy atom. The summed E-state index contributed by atoms with van der Waals surface area (Å²) in [6.07, 6.45) is -4.49. The molecule has 3 nitrogen and oxygen atoms in total. The minimum absolute atomic E-state index is 0.0307. The number of halogens is 5. The van der Waals surface area contributed by atoms with Gasteiger partial charge >= 0.3 is 6.18 Å². The number of aromatic nitrogens is 1. The highest BCUT2D eigenvalue weighted by molar-refractivity contribution is 6.31. The molecule has 0 unspecified atom stereocenters. The molecule has 0 saturated carbocycles. The van der Waals surface area contributed by atoms with Crippen LogP contribution in [0.3, 0.4) is 0 Å². The monoisotopic (exact) mass is 319 g/mol. The first-order chi connectivity index (χ1) is 9.79. The zero-order chi connectivity index (χ0) is 15.6. The molecule has 2 aromatic rings. The summed E-state index contributed by atoms with van der Waals surface area (Å²) < 4.78 is 51.4. The number of alkyl halides is 3. The largest absolute Gasteiger partial charge is 0.416 e. The van der Waals surface area contributed by atoms with Gasteiger partial charge in [0.05, 0.1) is 10.6 Å². The summed E-state index contributed by atoms with van der Waals surface area (Å²) in [6.45, 7) is 0. The molecule has 112 valence electrons. The lowest BCUT2D eigenvalue weighted by molar-refractivity contribution is -0.137. The highest BCUT2D eigenvalue weighted by Crippen LogP contribution is 2.33. The number of nitrogens with one attached hydrogen (secondary N) is 2. The first-order valence-corrected chi connectivity index (χ1v) is 6.16. The van der Waals surface area contributed by atoms with Gasteiger partial charge in [-0.3, -0.25) is 0 Å². The molecule has 0 aliphatic carbocycles. The van der Waals surface area contributed by atoms with Crippen molar-refractivity contribution >= 4 is 28.9 Å². The molecule has 0 radical (unpaired) electrons. The quantitative estimate of drug-likeness (QED) is 0.807. The van der Waals surface area contributed by atoms with Gasteiger partial charge in [-0.1, -0.05) is 11.6 Å². The van der Waals surface area contributed by atoms with Gasteiger partial charge in [0.25, 0.3) is 0 Å². The van der Waals surface area contributed by atoms with Crippen LogP contribution in [-0.2, 0) is 6.18 Å². The number of hydrogen-bond donors (Lipinski definition) is 2. The maximum Gasteiger partial charge on any atom is 0.416 e. The Balaban J connectivity index is 2.36. The van der Waals surface area contributed by atoms with E-state index in [-0.39, 0.29) is 16.7 Å². The standard InChI is InChI=1S/C13H10ClF4N3/c1-19-11-4-7(13(16,17)18)5-12(21-11)20-8-2-3-10(15)9(14)6-8/h2-6H,1H3,(H2,19,20,21). The Morgan fingerprint density at radius 1 is 1.10 bits per heavy atom. The topological polar surface area (TPSA) is 37.0 Å². The number of pyridine rings is 1. The van der Waals surface area contributed by atoms with Crippen LogP contribution < -0.4 is 10.6 Å². The minimum Gasteiger partial charge on any atom is -0.373 e. The van der Waals surface area contributed by atoms with E-state index in [1.807, 2.05) is 0 Å². The van der Waals surface area contributed by atoms with Crippen LogP contribution in [0.25, 0.3) is 0 Å². The van der Waals surface area contributed by atoms with Crippen molar-refractivity contribution in [1.82, 2.24) is 4.98 Å². The summed E-state index contributed by atoms with van der Waals surface area (Å²) in [5.41, 5.74) is -0.521. The molecular formula is C13H10ClF4N3. The molecule has 8 heteroatoms. The van der Waals surface area contributed by atoms with E-state index in [9.17, 15) is 17.6 Å². The molecule has 1 aromatic heterocycles. The van der Waals surface area contributed by atoms with E-state index < -0.39 is 17.6 Å². The zero-order valence-corrected chi connectivity index (χ0v) is 11.5. The Morgan fingerprint density at radius 3 is 2.33 bits per heavy atom. The number of rotatable bonds is 3. The minimum atomic E-state index is -4.49. The van der Waals surface area contributed by atoms with E-state index in [2.05, 4.69) is 15.6 Å². The fourth-order valence-electron chi connectivity index (χ4n) is 1.61. The molecule has 0 aliphatic heterocycles. The molecule has 21 heavy (non-hydrogen) atoms. The Hall–Kier alpha value is -2.02. The molecule has 0 amide bonds. The van der Waals surface area contributed by atoms with Crippen LogP contribution in [0, 0.1) is 5.82 Å². The van der Waals surface area contributed by atoms with Gasteiger partial charge in [0, 0.05) is 12.7 Å². The SMILES string of the molecule is CNc1cc(C(F)(F)F)cc(Nc2ccc(F)c(Cl)c2)n1. The third-order valence-electron chi connectivity index (χ3n) is 2.60. The molecule has 0 bridgehead atoms. The van der Waals surface area contributed by atoms with Crippen molar-refractivity contribution in [3.8, 4) is 0 Å². The van der Waals surface area contributed by atoms with Crippen LogP contribution in [0.5, 0.6) is 0 Å². The smallest absolute Gasteiger partial charge is 0.373 e. The molecule has 0 spiro atoms. The van der Waals surface area contributed by atoms with Gasteiger partial charge in [0.1, 0.15) is 17.5 Å². The Kier molecular flexibility index (Phi) is 4.22. The fourth-order valence-corrected chi connectivity index (χ4v) is 1.79. The van der Waals surface area contributed by atoms with Crippen LogP contribution in [0.4, 0.5) is 34.9 Å². The van der Waals surface area contributed by atoms with Crippen molar-refractivity contribution in [2.45, 2.75) is 6.18 Å². The average molecular weight is 320 g/mol. The van der Waals surface area contributed by atoms with Crippen molar-refractivity contribution in [3.05, 3.63) is 46.7 Å². The summed E-state index contributed by atoms with van der Waals surface area (Å²) in [7, 11) is 1.46. The first-order valence-electron chi connectivity index (χ1n) is 5.78. The highest BCUT2D eigenvalue weighted by atomic mass is 35.5. The first kappa shape index (κ1) is 15.4. The van der Waals surface area contributed by atoms with Crippen LogP contribution in [0.2, 0.25) is 5.02 Å². The molecule has 0 saturated heterocycles. The summed E-state index contributed by atoms with van der Waals surface area (Å²) in [6, 6.07) is 5.47. The molecule has 2 N–H and O–H groups in total. The zero-order valence-electron chi connectivity index (χ0n) is 10.7. The normalized spacial score (nSPS) is 11.3. The van der Waals surface area contributed by atoms with Gasteiger partial charge in [-0.25, -0.2) is 9.37 Å². The molecule has 0 aliphatic rings. The fraction of sp³-hybridized carbons (Fsp3) is 0.154. The molecule has 1 heterocycles. The summed E-state index contributed by atoms with van der Waals surface area (Å²) in [4.78, 5) is 3.95. The molecule has 2 rings (SSSR count). The van der Waals surface area contributed by atoms with Crippen molar-refractivity contribution in [1.29, 1.82) is 0 Å². The second-order valence-corrected chi connectivity index (χ2v) is 4.54. The van der Waals surface area contributed by atoms with E-state index in [0.717, 1.165) is 18.2 Å². The van der Waals surface area contributed by atoms with Gasteiger partial charge in [0.2, 0.25) is 0 Å². The summed E-state index contributed by atoms with van der Waals surface area (Å²) >= 11 is 5.61. The lowest BCUT2D eigenvalue weighted by Gasteiger charge is -2.12. The van der Waals surface area contributed by atoms with Gasteiger partial charge in [-0.2, -0.15) is 13.2 Å². The third kappa shape index (κ3) is 3.75. The number of anilines is 3. The van der Waals surface area contributed by atoms with Crippen LogP contribution in [0.1, 0.15) is 5.56 Å². The van der Waals surface area contributed by atoms with Crippen molar-refractivity contribution in [3.63, 3.8) is 0 Å². The molecular weight excluding hydrogens is 310 g/mol. The van der Waals surface area contributed by atoms with Crippen molar-refractivity contribution in [2.24, 2.45) is 0 Å². The van der Waals surface area contributed by atoms with E-state index in [4.69, 9.17) is 11.6 Å². The maximum atomic E-state index is 13.0. The van der Waals surface area contributed by atoms with Gasteiger partial charge in [0.15, 0.2) is 0 Å². The van der Waals surface area contributed by atoms with Crippen molar-refractivity contribution < 1.29 is 17.6 Å². The summed E-state index contributed by atoms with van der Waals surface area (Å²) in [5, 5.41) is 5.07. The molecule has 0 fully saturated rings.